The van der Waals surface area contributed by atoms with Gasteiger partial charge < -0.3 is 9.64 Å². The second kappa shape index (κ2) is 8.42. The van der Waals surface area contributed by atoms with Crippen LogP contribution in [0.2, 0.25) is 0 Å². The molecule has 0 saturated carbocycles. The molecule has 1 fully saturated rings. The number of methoxy groups -OCH3 is 1. The van der Waals surface area contributed by atoms with Crippen molar-refractivity contribution in [2.24, 2.45) is 0 Å². The predicted molar refractivity (Wildman–Crippen MR) is 97.5 cm³/mol. The van der Waals surface area contributed by atoms with E-state index in [1.165, 1.54) is 0 Å². The van der Waals surface area contributed by atoms with Crippen molar-refractivity contribution in [1.82, 2.24) is 4.90 Å². The first-order valence-electron chi connectivity index (χ1n) is 8.26. The van der Waals surface area contributed by atoms with Crippen LogP contribution in [-0.4, -0.2) is 55.9 Å². The fourth-order valence-electron chi connectivity index (χ4n) is 3.12. The summed E-state index contributed by atoms with van der Waals surface area (Å²) in [6.45, 7) is 0.619. The van der Waals surface area contributed by atoms with Gasteiger partial charge in [-0.1, -0.05) is 15.9 Å². The lowest BCUT2D eigenvalue weighted by molar-refractivity contribution is -0.151. The third-order valence-electron chi connectivity index (χ3n) is 4.45. The number of sulfone groups is 1. The fraction of sp³-hybridized carbons (Fsp3) is 0.471. The van der Waals surface area contributed by atoms with Gasteiger partial charge in [-0.15, -0.1) is 0 Å². The molecule has 1 amide bonds. The lowest BCUT2D eigenvalue weighted by Gasteiger charge is -2.22. The third-order valence-corrected chi connectivity index (χ3v) is 7.13. The molecule has 12 heteroatoms. The Hall–Kier alpha value is -1.95. The Morgan fingerprint density at radius 2 is 1.90 bits per heavy atom. The van der Waals surface area contributed by atoms with E-state index >= 15 is 0 Å². The number of hydrogen-bond acceptors (Lipinski definition) is 6. The van der Waals surface area contributed by atoms with Crippen molar-refractivity contribution in [3.63, 3.8) is 0 Å². The number of benzene rings is 1. The van der Waals surface area contributed by atoms with Crippen LogP contribution in [0.1, 0.15) is 25.3 Å². The average Bonchev–Trinajstić information content (AvgIpc) is 3.05. The number of nitrogens with zero attached hydrogens (tertiary/aromatic N) is 1. The molecular formula is C17H17BrF3NO6S. The van der Waals surface area contributed by atoms with Gasteiger partial charge in [0.05, 0.1) is 29.2 Å². The minimum atomic E-state index is -4.93. The fourth-order valence-corrected chi connectivity index (χ4v) is 5.37. The van der Waals surface area contributed by atoms with E-state index in [1.54, 1.807) is 0 Å². The van der Waals surface area contributed by atoms with E-state index in [1.807, 2.05) is 0 Å². The van der Waals surface area contributed by atoms with E-state index in [9.17, 15) is 36.0 Å². The standard InChI is InChI=1S/C17H17BrF3NO6S/c1-9(23)5-15(24)22-8-11(7-13(22)16(25)28-2)29(26,27)14-4-3-10(18)6-12(14)17(19,20)21/h3-4,6,11,13H,5,7-8H2,1-2H3/t11-,13+/m1/s1. The molecule has 2 rings (SSSR count). The van der Waals surface area contributed by atoms with Gasteiger partial charge >= 0.3 is 12.1 Å². The maximum Gasteiger partial charge on any atom is 0.417 e. The Labute approximate surface area is 173 Å². The Balaban J connectivity index is 2.48. The maximum absolute atomic E-state index is 13.4. The molecule has 1 aromatic rings. The summed E-state index contributed by atoms with van der Waals surface area (Å²) in [5.74, 6) is -2.21. The van der Waals surface area contributed by atoms with Crippen LogP contribution in [0.15, 0.2) is 27.6 Å². The number of Topliss-reactive ketones (excluding diaryl/α,β-unsaturated/α-hetero) is 1. The van der Waals surface area contributed by atoms with Gasteiger partial charge in [0.2, 0.25) is 5.91 Å². The van der Waals surface area contributed by atoms with Crippen molar-refractivity contribution in [2.45, 2.75) is 42.1 Å². The van der Waals surface area contributed by atoms with Gasteiger partial charge in [0.25, 0.3) is 0 Å². The summed E-state index contributed by atoms with van der Waals surface area (Å²) in [4.78, 5) is 35.5. The number of carbonyl (C=O) groups excluding carboxylic acids is 3. The first-order valence-corrected chi connectivity index (χ1v) is 10.6. The summed E-state index contributed by atoms with van der Waals surface area (Å²) in [5, 5.41) is -1.47. The van der Waals surface area contributed by atoms with Crippen molar-refractivity contribution in [3.8, 4) is 0 Å². The number of carbonyl (C=O) groups is 3. The van der Waals surface area contributed by atoms with Crippen LogP contribution in [0.3, 0.4) is 0 Å². The largest absolute Gasteiger partial charge is 0.467 e. The van der Waals surface area contributed by atoms with Gasteiger partial charge in [0.1, 0.15) is 11.8 Å². The minimum Gasteiger partial charge on any atom is -0.467 e. The van der Waals surface area contributed by atoms with Gasteiger partial charge in [0, 0.05) is 11.0 Å². The Kier molecular flexibility index (Phi) is 6.78. The van der Waals surface area contributed by atoms with E-state index in [0.717, 1.165) is 31.1 Å². The molecule has 1 aromatic carbocycles. The van der Waals surface area contributed by atoms with Crippen LogP contribution >= 0.6 is 15.9 Å². The van der Waals surface area contributed by atoms with Gasteiger partial charge in [-0.2, -0.15) is 13.2 Å². The van der Waals surface area contributed by atoms with E-state index in [-0.39, 0.29) is 4.47 Å². The van der Waals surface area contributed by atoms with E-state index in [4.69, 9.17) is 0 Å². The maximum atomic E-state index is 13.4. The molecule has 0 unspecified atom stereocenters. The highest BCUT2D eigenvalue weighted by Gasteiger charge is 2.48. The zero-order valence-electron chi connectivity index (χ0n) is 15.3. The highest BCUT2D eigenvalue weighted by atomic mass is 79.9. The van der Waals surface area contributed by atoms with Gasteiger partial charge in [-0.05, 0) is 31.5 Å². The first kappa shape index (κ1) is 23.3. The molecule has 1 aliphatic rings. The number of likely N-dealkylation sites (tertiary alicyclic amines) is 1. The number of rotatable bonds is 5. The summed E-state index contributed by atoms with van der Waals surface area (Å²) in [5.41, 5.74) is -1.35. The summed E-state index contributed by atoms with van der Waals surface area (Å²) in [7, 11) is -3.53. The molecule has 1 aliphatic heterocycles. The number of hydrogen-bond donors (Lipinski definition) is 0. The number of amides is 1. The van der Waals surface area contributed by atoms with Gasteiger partial charge in [0.15, 0.2) is 9.84 Å². The summed E-state index contributed by atoms with van der Waals surface area (Å²) >= 11 is 2.89. The smallest absolute Gasteiger partial charge is 0.417 e. The Morgan fingerprint density at radius 1 is 1.28 bits per heavy atom. The molecule has 1 saturated heterocycles. The lowest BCUT2D eigenvalue weighted by atomic mass is 10.2. The molecule has 0 spiro atoms. The van der Waals surface area contributed by atoms with Gasteiger partial charge in [-0.3, -0.25) is 9.59 Å². The SMILES string of the molecule is COC(=O)[C@@H]1C[C@@H](S(=O)(=O)c2ccc(Br)cc2C(F)(F)F)CN1C(=O)CC(C)=O. The molecule has 160 valence electrons. The van der Waals surface area contributed by atoms with E-state index in [0.29, 0.717) is 6.07 Å². The Morgan fingerprint density at radius 3 is 2.41 bits per heavy atom. The molecule has 29 heavy (non-hydrogen) atoms. The van der Waals surface area contributed by atoms with Crippen LogP contribution in [0.5, 0.6) is 0 Å². The second-order valence-electron chi connectivity index (χ2n) is 6.50. The molecule has 1 heterocycles. The van der Waals surface area contributed by atoms with Crippen molar-refractivity contribution >= 4 is 43.4 Å². The summed E-state index contributed by atoms with van der Waals surface area (Å²) in [6.07, 6.45) is -5.94. The molecule has 0 radical (unpaired) electrons. The van der Waals surface area contributed by atoms with Gasteiger partial charge in [-0.25, -0.2) is 13.2 Å². The normalized spacial score (nSPS) is 19.9. The zero-order valence-corrected chi connectivity index (χ0v) is 17.7. The average molecular weight is 500 g/mol. The van der Waals surface area contributed by atoms with Crippen LogP contribution in [-0.2, 0) is 35.1 Å². The number of ketones is 1. The van der Waals surface area contributed by atoms with Crippen LogP contribution < -0.4 is 0 Å². The van der Waals surface area contributed by atoms with Crippen LogP contribution in [0.4, 0.5) is 13.2 Å². The first-order chi connectivity index (χ1) is 13.3. The number of alkyl halides is 3. The van der Waals surface area contributed by atoms with Crippen molar-refractivity contribution in [2.75, 3.05) is 13.7 Å². The summed E-state index contributed by atoms with van der Waals surface area (Å²) < 4.78 is 70.8. The molecule has 0 N–H and O–H groups in total. The molecule has 0 aliphatic carbocycles. The van der Waals surface area contributed by atoms with Crippen LogP contribution in [0.25, 0.3) is 0 Å². The molecular weight excluding hydrogens is 483 g/mol. The molecule has 0 bridgehead atoms. The van der Waals surface area contributed by atoms with Crippen molar-refractivity contribution in [1.29, 1.82) is 0 Å². The van der Waals surface area contributed by atoms with E-state index in [2.05, 4.69) is 20.7 Å². The van der Waals surface area contributed by atoms with Crippen molar-refractivity contribution < 1.29 is 40.7 Å². The summed E-state index contributed by atoms with van der Waals surface area (Å²) in [6, 6.07) is 1.33. The number of halogens is 4. The Bertz CT molecular complexity index is 947. The molecule has 0 aromatic heterocycles. The number of ether oxygens (including phenoxy) is 1. The quantitative estimate of drug-likeness (QED) is 0.455. The molecule has 2 atom stereocenters. The highest BCUT2D eigenvalue weighted by molar-refractivity contribution is 9.10. The monoisotopic (exact) mass is 499 g/mol. The van der Waals surface area contributed by atoms with Crippen molar-refractivity contribution in [3.05, 3.63) is 28.2 Å². The lowest BCUT2D eigenvalue weighted by Crippen LogP contribution is -2.41. The predicted octanol–water partition coefficient (Wildman–Crippen LogP) is 2.36. The topological polar surface area (TPSA) is 97.8 Å². The zero-order chi connectivity index (χ0) is 22.1. The number of esters is 1. The third kappa shape index (κ3) is 4.97. The highest BCUT2D eigenvalue weighted by Crippen LogP contribution is 2.39. The van der Waals surface area contributed by atoms with Crippen LogP contribution in [0, 0.1) is 0 Å². The molecule has 7 nitrogen and oxygen atoms in total. The second-order valence-corrected chi connectivity index (χ2v) is 9.62. The van der Waals surface area contributed by atoms with E-state index < -0.39 is 74.8 Å². The minimum absolute atomic E-state index is 0.0425.